The summed E-state index contributed by atoms with van der Waals surface area (Å²) in [4.78, 5) is 0. The first-order valence-electron chi connectivity index (χ1n) is 8.58. The maximum atomic E-state index is 6.19. The Morgan fingerprint density at radius 2 is 1.56 bits per heavy atom. The standard InChI is InChI=1S/C22H20Br2ClNO/c1-14-3-6-16(7-4-14)13-27-22-19(23)9-17(10-20(22)24)12-26-18-8-5-15(2)21(25)11-18/h3-11,26H,12-13H2,1-2H3. The minimum Gasteiger partial charge on any atom is -0.487 e. The van der Waals surface area contributed by atoms with Crippen LogP contribution in [0.15, 0.2) is 63.5 Å². The highest BCUT2D eigenvalue weighted by molar-refractivity contribution is 9.11. The number of halogens is 3. The third-order valence-electron chi connectivity index (χ3n) is 4.23. The van der Waals surface area contributed by atoms with E-state index in [0.717, 1.165) is 42.1 Å². The Morgan fingerprint density at radius 3 is 2.19 bits per heavy atom. The van der Waals surface area contributed by atoms with Crippen LogP contribution in [0.2, 0.25) is 5.02 Å². The molecule has 0 atom stereocenters. The average Bonchev–Trinajstić information content (AvgIpc) is 2.63. The molecule has 27 heavy (non-hydrogen) atoms. The molecule has 0 aromatic heterocycles. The van der Waals surface area contributed by atoms with Gasteiger partial charge in [0.15, 0.2) is 0 Å². The Kier molecular flexibility index (Phi) is 6.85. The molecule has 0 aliphatic heterocycles. The Morgan fingerprint density at radius 1 is 0.889 bits per heavy atom. The zero-order valence-corrected chi connectivity index (χ0v) is 19.1. The number of nitrogens with one attached hydrogen (secondary N) is 1. The van der Waals surface area contributed by atoms with Gasteiger partial charge in [0.2, 0.25) is 0 Å². The maximum absolute atomic E-state index is 6.19. The molecule has 0 unspecified atom stereocenters. The van der Waals surface area contributed by atoms with Gasteiger partial charge in [0.05, 0.1) is 8.95 Å². The first-order chi connectivity index (χ1) is 12.9. The van der Waals surface area contributed by atoms with Crippen LogP contribution in [0.4, 0.5) is 5.69 Å². The predicted molar refractivity (Wildman–Crippen MR) is 121 cm³/mol. The van der Waals surface area contributed by atoms with E-state index in [0.29, 0.717) is 13.2 Å². The molecule has 0 saturated carbocycles. The van der Waals surface area contributed by atoms with Crippen molar-refractivity contribution in [2.45, 2.75) is 27.0 Å². The Hall–Kier alpha value is -1.49. The van der Waals surface area contributed by atoms with Crippen LogP contribution in [0.1, 0.15) is 22.3 Å². The average molecular weight is 510 g/mol. The molecule has 0 radical (unpaired) electrons. The SMILES string of the molecule is Cc1ccc(COc2c(Br)cc(CNc3ccc(C)c(Cl)c3)cc2Br)cc1. The summed E-state index contributed by atoms with van der Waals surface area (Å²) in [6, 6.07) is 18.5. The van der Waals surface area contributed by atoms with Crippen LogP contribution in [0.5, 0.6) is 5.75 Å². The first kappa shape index (κ1) is 20.2. The molecule has 3 aromatic carbocycles. The fourth-order valence-electron chi connectivity index (χ4n) is 2.60. The molecule has 0 heterocycles. The summed E-state index contributed by atoms with van der Waals surface area (Å²) in [5.74, 6) is 0.803. The van der Waals surface area contributed by atoms with Gasteiger partial charge in [-0.2, -0.15) is 0 Å². The van der Waals surface area contributed by atoms with E-state index in [1.165, 1.54) is 5.56 Å². The molecule has 140 valence electrons. The van der Waals surface area contributed by atoms with Gasteiger partial charge in [-0.15, -0.1) is 0 Å². The number of rotatable bonds is 6. The normalized spacial score (nSPS) is 10.7. The van der Waals surface area contributed by atoms with Gasteiger partial charge in [0.1, 0.15) is 12.4 Å². The van der Waals surface area contributed by atoms with Gasteiger partial charge < -0.3 is 10.1 Å². The molecule has 0 bridgehead atoms. The summed E-state index contributed by atoms with van der Waals surface area (Å²) < 4.78 is 7.85. The summed E-state index contributed by atoms with van der Waals surface area (Å²) in [7, 11) is 0. The van der Waals surface area contributed by atoms with Gasteiger partial charge >= 0.3 is 0 Å². The predicted octanol–water partition coefficient (Wildman–Crippen LogP) is 7.67. The second kappa shape index (κ2) is 9.13. The van der Waals surface area contributed by atoms with Crippen LogP contribution in [0.25, 0.3) is 0 Å². The van der Waals surface area contributed by atoms with E-state index in [9.17, 15) is 0 Å². The van der Waals surface area contributed by atoms with Crippen molar-refractivity contribution in [1.82, 2.24) is 0 Å². The van der Waals surface area contributed by atoms with Crippen LogP contribution in [0.3, 0.4) is 0 Å². The van der Waals surface area contributed by atoms with Crippen molar-refractivity contribution >= 4 is 49.1 Å². The Labute approximate surface area is 182 Å². The second-order valence-corrected chi connectivity index (χ2v) is 8.60. The highest BCUT2D eigenvalue weighted by Gasteiger charge is 2.10. The van der Waals surface area contributed by atoms with E-state index >= 15 is 0 Å². The molecule has 0 spiro atoms. The maximum Gasteiger partial charge on any atom is 0.148 e. The molecule has 3 aromatic rings. The number of benzene rings is 3. The van der Waals surface area contributed by atoms with Crippen LogP contribution in [0, 0.1) is 13.8 Å². The van der Waals surface area contributed by atoms with Crippen LogP contribution < -0.4 is 10.1 Å². The number of ether oxygens (including phenoxy) is 1. The zero-order chi connectivity index (χ0) is 19.4. The largest absolute Gasteiger partial charge is 0.487 e. The molecule has 0 saturated heterocycles. The van der Waals surface area contributed by atoms with Crippen LogP contribution >= 0.6 is 43.5 Å². The summed E-state index contributed by atoms with van der Waals surface area (Å²) in [5, 5.41) is 4.17. The summed E-state index contributed by atoms with van der Waals surface area (Å²) >= 11 is 13.4. The first-order valence-corrected chi connectivity index (χ1v) is 10.5. The number of hydrogen-bond donors (Lipinski definition) is 1. The van der Waals surface area contributed by atoms with E-state index in [1.54, 1.807) is 0 Å². The van der Waals surface area contributed by atoms with Gasteiger partial charge in [0, 0.05) is 17.3 Å². The quantitative estimate of drug-likeness (QED) is 0.368. The van der Waals surface area contributed by atoms with Crippen molar-refractivity contribution in [2.75, 3.05) is 5.32 Å². The van der Waals surface area contributed by atoms with Gasteiger partial charge in [0.25, 0.3) is 0 Å². The molecule has 3 rings (SSSR count). The molecule has 2 nitrogen and oxygen atoms in total. The van der Waals surface area contributed by atoms with E-state index in [4.69, 9.17) is 16.3 Å². The summed E-state index contributed by atoms with van der Waals surface area (Å²) in [5.41, 5.74) is 5.59. The third-order valence-corrected chi connectivity index (χ3v) is 5.82. The molecule has 0 amide bonds. The lowest BCUT2D eigenvalue weighted by Gasteiger charge is -2.14. The lowest BCUT2D eigenvalue weighted by molar-refractivity contribution is 0.302. The fraction of sp³-hybridized carbons (Fsp3) is 0.182. The van der Waals surface area contributed by atoms with Crippen molar-refractivity contribution in [3.05, 3.63) is 90.8 Å². The highest BCUT2D eigenvalue weighted by atomic mass is 79.9. The van der Waals surface area contributed by atoms with Gasteiger partial charge in [-0.3, -0.25) is 0 Å². The smallest absolute Gasteiger partial charge is 0.148 e. The van der Waals surface area contributed by atoms with Gasteiger partial charge in [-0.25, -0.2) is 0 Å². The number of aryl methyl sites for hydroxylation is 2. The minimum atomic E-state index is 0.525. The van der Waals surface area contributed by atoms with E-state index in [1.807, 2.05) is 25.1 Å². The second-order valence-electron chi connectivity index (χ2n) is 6.48. The minimum absolute atomic E-state index is 0.525. The molecule has 0 fully saturated rings. The van der Waals surface area contributed by atoms with Crippen LogP contribution in [-0.2, 0) is 13.2 Å². The molecular weight excluding hydrogens is 490 g/mol. The molecular formula is C22H20Br2ClNO. The zero-order valence-electron chi connectivity index (χ0n) is 15.2. The lowest BCUT2D eigenvalue weighted by Crippen LogP contribution is -2.02. The lowest BCUT2D eigenvalue weighted by atomic mass is 10.1. The van der Waals surface area contributed by atoms with Crippen molar-refractivity contribution in [3.63, 3.8) is 0 Å². The highest BCUT2D eigenvalue weighted by Crippen LogP contribution is 2.35. The fourth-order valence-corrected chi connectivity index (χ4v) is 4.29. The molecule has 5 heteroatoms. The third kappa shape index (κ3) is 5.50. The molecule has 1 N–H and O–H groups in total. The van der Waals surface area contributed by atoms with Crippen molar-refractivity contribution in [2.24, 2.45) is 0 Å². The van der Waals surface area contributed by atoms with Crippen LogP contribution in [-0.4, -0.2) is 0 Å². The van der Waals surface area contributed by atoms with E-state index < -0.39 is 0 Å². The van der Waals surface area contributed by atoms with Crippen molar-refractivity contribution < 1.29 is 4.74 Å². The Balaban J connectivity index is 1.66. The molecule has 0 aliphatic rings. The topological polar surface area (TPSA) is 21.3 Å². The monoisotopic (exact) mass is 507 g/mol. The van der Waals surface area contributed by atoms with Gasteiger partial charge in [-0.05, 0) is 86.7 Å². The number of hydrogen-bond acceptors (Lipinski definition) is 2. The van der Waals surface area contributed by atoms with Gasteiger partial charge in [-0.1, -0.05) is 47.5 Å². The van der Waals surface area contributed by atoms with Crippen molar-refractivity contribution in [1.29, 1.82) is 0 Å². The van der Waals surface area contributed by atoms with E-state index in [2.05, 4.69) is 80.5 Å². The number of anilines is 1. The molecule has 0 aliphatic carbocycles. The van der Waals surface area contributed by atoms with Crippen molar-refractivity contribution in [3.8, 4) is 5.75 Å². The van der Waals surface area contributed by atoms with E-state index in [-0.39, 0.29) is 0 Å². The summed E-state index contributed by atoms with van der Waals surface area (Å²) in [6.07, 6.45) is 0. The summed E-state index contributed by atoms with van der Waals surface area (Å²) in [6.45, 7) is 5.29. The Bertz CT molecular complexity index is 919.